The second-order valence-electron chi connectivity index (χ2n) is 7.87. The number of rotatable bonds is 7. The highest BCUT2D eigenvalue weighted by Gasteiger charge is 2.33. The molecular formula is C21H20Cl2N4O7S. The van der Waals surface area contributed by atoms with Crippen LogP contribution in [0.1, 0.15) is 18.5 Å². The number of hydrogen-bond donors (Lipinski definition) is 3. The van der Waals surface area contributed by atoms with E-state index in [4.69, 9.17) is 32.7 Å². The standard InChI is InChI=1S/C21H20Cl2N4O7S/c1-10-20(29)24-21(30)27(25-10)12-7-15(22)19(16(23)8-12)34-13-3-4-17(28)18(9-13)35(31,32)26-11-5-14(6-11)33-2/h3-4,7-9,11,14,26,28H,5-6H2,1-2H3,(H,24,29,30). The predicted molar refractivity (Wildman–Crippen MR) is 128 cm³/mol. The quantitative estimate of drug-likeness (QED) is 0.411. The minimum atomic E-state index is -4.05. The molecule has 2 aromatic carbocycles. The normalized spacial score (nSPS) is 17.7. The molecule has 1 aliphatic carbocycles. The molecule has 3 aromatic rings. The number of nitrogens with one attached hydrogen (secondary N) is 2. The first-order chi connectivity index (χ1) is 16.5. The number of aromatic amines is 1. The van der Waals surface area contributed by atoms with Crippen LogP contribution in [0.4, 0.5) is 0 Å². The molecule has 1 heterocycles. The molecule has 14 heteroatoms. The van der Waals surface area contributed by atoms with E-state index < -0.39 is 27.0 Å². The highest BCUT2D eigenvalue weighted by Crippen LogP contribution is 2.39. The zero-order valence-electron chi connectivity index (χ0n) is 18.4. The maximum Gasteiger partial charge on any atom is 0.349 e. The van der Waals surface area contributed by atoms with E-state index in [2.05, 4.69) is 14.8 Å². The van der Waals surface area contributed by atoms with Crippen LogP contribution in [0.5, 0.6) is 17.2 Å². The number of ether oxygens (including phenoxy) is 2. The Balaban J connectivity index is 1.62. The summed E-state index contributed by atoms with van der Waals surface area (Å²) in [5.41, 5.74) is -1.18. The van der Waals surface area contributed by atoms with Crippen molar-refractivity contribution in [2.45, 2.75) is 36.8 Å². The van der Waals surface area contributed by atoms with Crippen molar-refractivity contribution in [2.75, 3.05) is 7.11 Å². The number of hydrogen-bond acceptors (Lipinski definition) is 8. The Morgan fingerprint density at radius 1 is 1.17 bits per heavy atom. The van der Waals surface area contributed by atoms with Gasteiger partial charge in [0.15, 0.2) is 5.75 Å². The summed E-state index contributed by atoms with van der Waals surface area (Å²) in [4.78, 5) is 25.5. The van der Waals surface area contributed by atoms with Crippen molar-refractivity contribution >= 4 is 33.2 Å². The number of halogens is 2. The van der Waals surface area contributed by atoms with E-state index in [0.717, 1.165) is 10.7 Å². The molecule has 1 saturated carbocycles. The Morgan fingerprint density at radius 2 is 1.83 bits per heavy atom. The number of aryl methyl sites for hydroxylation is 1. The summed E-state index contributed by atoms with van der Waals surface area (Å²) < 4.78 is 39.9. The molecule has 4 rings (SSSR count). The average Bonchev–Trinajstić information content (AvgIpc) is 2.76. The van der Waals surface area contributed by atoms with Crippen LogP contribution in [0.25, 0.3) is 5.69 Å². The highest BCUT2D eigenvalue weighted by atomic mass is 35.5. The fourth-order valence-corrected chi connectivity index (χ4v) is 5.38. The third-order valence-corrected chi connectivity index (χ3v) is 7.52. The molecule has 0 amide bonds. The molecule has 0 unspecified atom stereocenters. The van der Waals surface area contributed by atoms with Crippen LogP contribution < -0.4 is 20.7 Å². The van der Waals surface area contributed by atoms with Crippen LogP contribution in [-0.2, 0) is 14.8 Å². The van der Waals surface area contributed by atoms with Crippen molar-refractivity contribution in [1.29, 1.82) is 0 Å². The lowest BCUT2D eigenvalue weighted by atomic mass is 9.90. The molecule has 1 aromatic heterocycles. The molecule has 0 aliphatic heterocycles. The van der Waals surface area contributed by atoms with E-state index in [9.17, 15) is 23.1 Å². The first-order valence-electron chi connectivity index (χ1n) is 10.2. The maximum atomic E-state index is 12.8. The summed E-state index contributed by atoms with van der Waals surface area (Å²) in [5, 5.41) is 14.1. The molecule has 0 bridgehead atoms. The van der Waals surface area contributed by atoms with Crippen LogP contribution in [-0.4, -0.2) is 47.5 Å². The lowest BCUT2D eigenvalue weighted by Gasteiger charge is -2.34. The molecular weight excluding hydrogens is 523 g/mol. The van der Waals surface area contributed by atoms with Crippen molar-refractivity contribution in [3.63, 3.8) is 0 Å². The van der Waals surface area contributed by atoms with E-state index in [1.807, 2.05) is 0 Å². The van der Waals surface area contributed by atoms with Crippen LogP contribution in [0.3, 0.4) is 0 Å². The Kier molecular flexibility index (Phi) is 6.93. The molecule has 11 nitrogen and oxygen atoms in total. The number of aromatic nitrogens is 3. The summed E-state index contributed by atoms with van der Waals surface area (Å²) in [5.74, 6) is -0.438. The van der Waals surface area contributed by atoms with Crippen LogP contribution in [0.2, 0.25) is 10.0 Å². The second kappa shape index (κ2) is 9.63. The van der Waals surface area contributed by atoms with Gasteiger partial charge in [-0.15, -0.1) is 0 Å². The summed E-state index contributed by atoms with van der Waals surface area (Å²) in [6.07, 6.45) is 1.04. The van der Waals surface area contributed by atoms with Crippen LogP contribution >= 0.6 is 23.2 Å². The van der Waals surface area contributed by atoms with Gasteiger partial charge in [0.05, 0.1) is 21.8 Å². The van der Waals surface area contributed by atoms with Crippen LogP contribution in [0.15, 0.2) is 44.8 Å². The summed E-state index contributed by atoms with van der Waals surface area (Å²) >= 11 is 12.7. The van der Waals surface area contributed by atoms with Gasteiger partial charge in [-0.2, -0.15) is 9.78 Å². The molecule has 1 fully saturated rings. The first-order valence-corrected chi connectivity index (χ1v) is 12.5. The van der Waals surface area contributed by atoms with Gasteiger partial charge in [-0.1, -0.05) is 23.2 Å². The Hall–Kier alpha value is -2.90. The zero-order valence-corrected chi connectivity index (χ0v) is 20.7. The maximum absolute atomic E-state index is 12.8. The van der Waals surface area contributed by atoms with Gasteiger partial charge in [0, 0.05) is 19.2 Å². The number of nitrogens with zero attached hydrogens (tertiary/aromatic N) is 2. The second-order valence-corrected chi connectivity index (χ2v) is 10.4. The fraction of sp³-hybridized carbons (Fsp3) is 0.286. The lowest BCUT2D eigenvalue weighted by Crippen LogP contribution is -2.47. The van der Waals surface area contributed by atoms with E-state index >= 15 is 0 Å². The van der Waals surface area contributed by atoms with E-state index in [0.29, 0.717) is 12.8 Å². The number of phenolic OH excluding ortho intramolecular Hbond substituents is 1. The summed E-state index contributed by atoms with van der Waals surface area (Å²) in [6.45, 7) is 1.43. The number of benzene rings is 2. The molecule has 3 N–H and O–H groups in total. The topological polar surface area (TPSA) is 153 Å². The molecule has 0 saturated heterocycles. The van der Waals surface area contributed by atoms with Crippen molar-refractivity contribution in [1.82, 2.24) is 19.5 Å². The summed E-state index contributed by atoms with van der Waals surface area (Å²) in [7, 11) is -2.49. The van der Waals surface area contributed by atoms with Crippen LogP contribution in [0, 0.1) is 6.92 Å². The minimum absolute atomic E-state index is 0.00988. The third-order valence-electron chi connectivity index (χ3n) is 5.41. The smallest absolute Gasteiger partial charge is 0.349 e. The molecule has 35 heavy (non-hydrogen) atoms. The van der Waals surface area contributed by atoms with E-state index in [-0.39, 0.29) is 50.0 Å². The Labute approximate surface area is 209 Å². The number of phenols is 1. The Morgan fingerprint density at radius 3 is 2.46 bits per heavy atom. The minimum Gasteiger partial charge on any atom is -0.507 e. The molecule has 0 radical (unpaired) electrons. The average molecular weight is 543 g/mol. The van der Waals surface area contributed by atoms with Gasteiger partial charge in [-0.25, -0.2) is 17.9 Å². The van der Waals surface area contributed by atoms with Gasteiger partial charge in [0.2, 0.25) is 10.0 Å². The van der Waals surface area contributed by atoms with E-state index in [1.165, 1.54) is 31.2 Å². The number of methoxy groups -OCH3 is 1. The molecule has 186 valence electrons. The highest BCUT2D eigenvalue weighted by molar-refractivity contribution is 7.89. The van der Waals surface area contributed by atoms with Crippen molar-refractivity contribution in [3.8, 4) is 22.9 Å². The molecule has 1 aliphatic rings. The van der Waals surface area contributed by atoms with Crippen molar-refractivity contribution in [3.05, 3.63) is 66.9 Å². The molecule has 0 atom stereocenters. The van der Waals surface area contributed by atoms with Crippen molar-refractivity contribution in [2.24, 2.45) is 0 Å². The molecule has 0 spiro atoms. The van der Waals surface area contributed by atoms with E-state index in [1.54, 1.807) is 7.11 Å². The number of aromatic hydroxyl groups is 1. The Bertz CT molecular complexity index is 1490. The largest absolute Gasteiger partial charge is 0.507 e. The predicted octanol–water partition coefficient (Wildman–Crippen LogP) is 2.49. The van der Waals surface area contributed by atoms with Gasteiger partial charge in [0.25, 0.3) is 5.56 Å². The lowest BCUT2D eigenvalue weighted by molar-refractivity contribution is 0.0236. The zero-order chi connectivity index (χ0) is 25.5. The first kappa shape index (κ1) is 25.2. The van der Waals surface area contributed by atoms with Crippen molar-refractivity contribution < 1.29 is 23.0 Å². The van der Waals surface area contributed by atoms with Gasteiger partial charge in [0.1, 0.15) is 22.1 Å². The monoisotopic (exact) mass is 542 g/mol. The van der Waals surface area contributed by atoms with Gasteiger partial charge in [-0.3, -0.25) is 9.78 Å². The van der Waals surface area contributed by atoms with Gasteiger partial charge >= 0.3 is 5.69 Å². The SMILES string of the molecule is COC1CC(NS(=O)(=O)c2cc(Oc3c(Cl)cc(-n4nc(C)c(=O)[nH]c4=O)cc3Cl)ccc2O)C1. The summed E-state index contributed by atoms with van der Waals surface area (Å²) in [6, 6.07) is 6.04. The number of H-pyrrole nitrogens is 1. The number of sulfonamides is 1. The van der Waals surface area contributed by atoms with Gasteiger partial charge in [-0.05, 0) is 44.0 Å². The fourth-order valence-electron chi connectivity index (χ4n) is 3.45. The third kappa shape index (κ3) is 5.21. The van der Waals surface area contributed by atoms with Gasteiger partial charge < -0.3 is 14.6 Å².